The van der Waals surface area contributed by atoms with Gasteiger partial charge in [-0.15, -0.1) is 13.2 Å². The van der Waals surface area contributed by atoms with E-state index in [0.29, 0.717) is 16.1 Å². The molecule has 0 aliphatic heterocycles. The van der Waals surface area contributed by atoms with Crippen molar-refractivity contribution in [2.24, 2.45) is 0 Å². The highest BCUT2D eigenvalue weighted by Gasteiger charge is 2.28. The fourth-order valence-electron chi connectivity index (χ4n) is 1.12. The summed E-state index contributed by atoms with van der Waals surface area (Å²) in [6, 6.07) is 5.10. The van der Waals surface area contributed by atoms with Crippen molar-refractivity contribution in [1.82, 2.24) is 0 Å². The second-order valence-corrected chi connectivity index (χ2v) is 3.97. The van der Waals surface area contributed by atoms with Gasteiger partial charge >= 0.3 is 6.36 Å². The van der Waals surface area contributed by atoms with Gasteiger partial charge in [0.15, 0.2) is 0 Å². The van der Waals surface area contributed by atoms with E-state index >= 15 is 0 Å². The van der Waals surface area contributed by atoms with Crippen LogP contribution in [0.25, 0.3) is 0 Å². The van der Waals surface area contributed by atoms with Gasteiger partial charge in [-0.1, -0.05) is 39.7 Å². The molecule has 0 amide bonds. The summed E-state index contributed by atoms with van der Waals surface area (Å²) in [5.74, 6) is 0.372. The van der Waals surface area contributed by atoms with E-state index in [2.05, 4.69) is 20.7 Å². The van der Waals surface area contributed by atoms with Gasteiger partial charge < -0.3 is 4.74 Å². The predicted octanol–water partition coefficient (Wildman–Crippen LogP) is 4.15. The number of halogens is 5. The third-order valence-electron chi connectivity index (χ3n) is 1.79. The van der Waals surface area contributed by atoms with Gasteiger partial charge in [-0.3, -0.25) is 4.74 Å². The summed E-state index contributed by atoms with van der Waals surface area (Å²) in [6.45, 7) is -0.792. The monoisotopic (exact) mass is 332 g/mol. The van der Waals surface area contributed by atoms with Crippen molar-refractivity contribution in [1.29, 1.82) is 0 Å². The first-order valence-electron chi connectivity index (χ1n) is 4.61. The first-order valence-corrected chi connectivity index (χ1v) is 6.11. The molecule has 1 aromatic rings. The number of benzene rings is 1. The third kappa shape index (κ3) is 5.14. The molecule has 0 heterocycles. The predicted molar refractivity (Wildman–Crippen MR) is 61.6 cm³/mol. The highest BCUT2D eigenvalue weighted by molar-refractivity contribution is 9.08. The first-order chi connectivity index (χ1) is 7.94. The molecule has 0 fully saturated rings. The van der Waals surface area contributed by atoms with Crippen LogP contribution >= 0.6 is 27.5 Å². The molecule has 2 nitrogen and oxygen atoms in total. The Kier molecular flexibility index (Phi) is 5.55. The molecule has 1 aromatic carbocycles. The van der Waals surface area contributed by atoms with Gasteiger partial charge in [-0.25, -0.2) is 0 Å². The van der Waals surface area contributed by atoms with Crippen LogP contribution in [0.4, 0.5) is 13.2 Å². The van der Waals surface area contributed by atoms with Gasteiger partial charge in [0.2, 0.25) is 0 Å². The number of hydrogen-bond acceptors (Lipinski definition) is 2. The topological polar surface area (TPSA) is 18.5 Å². The summed E-state index contributed by atoms with van der Waals surface area (Å²) >= 11 is 9.10. The Bertz CT molecular complexity index is 371. The Labute approximate surface area is 110 Å². The molecule has 0 N–H and O–H groups in total. The molecule has 17 heavy (non-hydrogen) atoms. The van der Waals surface area contributed by atoms with E-state index < -0.39 is 13.0 Å². The van der Waals surface area contributed by atoms with Crippen molar-refractivity contribution in [2.75, 3.05) is 13.2 Å². The number of ether oxygens (including phenoxy) is 2. The van der Waals surface area contributed by atoms with Gasteiger partial charge in [0.05, 0.1) is 11.6 Å². The second-order valence-electron chi connectivity index (χ2n) is 3.00. The average Bonchev–Trinajstić information content (AvgIpc) is 2.24. The van der Waals surface area contributed by atoms with Crippen LogP contribution in [-0.2, 0) is 10.1 Å². The summed E-state index contributed by atoms with van der Waals surface area (Å²) < 4.78 is 43.8. The summed E-state index contributed by atoms with van der Waals surface area (Å²) in [4.78, 5) is 0. The molecule has 0 spiro atoms. The number of para-hydroxylation sites is 1. The normalized spacial score (nSPS) is 11.6. The van der Waals surface area contributed by atoms with Gasteiger partial charge in [-0.05, 0) is 6.07 Å². The van der Waals surface area contributed by atoms with E-state index in [1.807, 2.05) is 0 Å². The smallest absolute Gasteiger partial charge is 0.489 e. The summed E-state index contributed by atoms with van der Waals surface area (Å²) in [6.07, 6.45) is -4.64. The Hall–Kier alpha value is -0.460. The first kappa shape index (κ1) is 14.6. The van der Waals surface area contributed by atoms with E-state index in [1.54, 1.807) is 18.2 Å². The second kappa shape index (κ2) is 6.47. The lowest BCUT2D eigenvalue weighted by molar-refractivity contribution is -0.325. The zero-order valence-corrected chi connectivity index (χ0v) is 10.9. The maximum atomic E-state index is 11.7. The van der Waals surface area contributed by atoms with Gasteiger partial charge in [0, 0.05) is 10.9 Å². The van der Waals surface area contributed by atoms with Crippen LogP contribution in [0.5, 0.6) is 5.75 Å². The minimum Gasteiger partial charge on any atom is -0.489 e. The Morgan fingerprint density at radius 1 is 1.24 bits per heavy atom. The Morgan fingerprint density at radius 3 is 2.53 bits per heavy atom. The van der Waals surface area contributed by atoms with Crippen LogP contribution in [0, 0.1) is 0 Å². The fourth-order valence-corrected chi connectivity index (χ4v) is 1.81. The van der Waals surface area contributed by atoms with Crippen LogP contribution in [0.1, 0.15) is 5.56 Å². The molecule has 7 heteroatoms. The van der Waals surface area contributed by atoms with Crippen LogP contribution in [0.2, 0.25) is 5.02 Å². The summed E-state index contributed by atoms with van der Waals surface area (Å²) in [5, 5.41) is 0.859. The van der Waals surface area contributed by atoms with Crippen molar-refractivity contribution < 1.29 is 22.6 Å². The molecule has 1 rings (SSSR count). The minimum absolute atomic E-state index is 0.219. The Morgan fingerprint density at radius 2 is 1.94 bits per heavy atom. The van der Waals surface area contributed by atoms with E-state index in [4.69, 9.17) is 16.3 Å². The summed E-state index contributed by atoms with van der Waals surface area (Å²) in [7, 11) is 0. The number of rotatable bonds is 5. The highest BCUT2D eigenvalue weighted by atomic mass is 79.9. The molecule has 0 radical (unpaired) electrons. The molecular weight excluding hydrogens is 324 g/mol. The van der Waals surface area contributed by atoms with Crippen molar-refractivity contribution in [3.05, 3.63) is 28.8 Å². The zero-order chi connectivity index (χ0) is 12.9. The van der Waals surface area contributed by atoms with Crippen molar-refractivity contribution in [2.45, 2.75) is 11.7 Å². The highest BCUT2D eigenvalue weighted by Crippen LogP contribution is 2.30. The molecule has 0 saturated carbocycles. The molecule has 0 unspecified atom stereocenters. The van der Waals surface area contributed by atoms with E-state index in [-0.39, 0.29) is 6.61 Å². The SMILES string of the molecule is FC(F)(F)OCCOc1c(Cl)cccc1CBr. The van der Waals surface area contributed by atoms with E-state index in [1.165, 1.54) is 0 Å². The molecular formula is C10H9BrClF3O2. The van der Waals surface area contributed by atoms with Crippen molar-refractivity contribution in [3.8, 4) is 5.75 Å². The van der Waals surface area contributed by atoms with Crippen molar-refractivity contribution >= 4 is 27.5 Å². The molecule has 0 aliphatic carbocycles. The third-order valence-corrected chi connectivity index (χ3v) is 2.69. The minimum atomic E-state index is -4.64. The van der Waals surface area contributed by atoms with Crippen LogP contribution in [0.15, 0.2) is 18.2 Å². The molecule has 0 aliphatic rings. The number of alkyl halides is 4. The zero-order valence-electron chi connectivity index (χ0n) is 8.56. The molecule has 0 atom stereocenters. The molecule has 0 saturated heterocycles. The van der Waals surface area contributed by atoms with E-state index in [9.17, 15) is 13.2 Å². The van der Waals surface area contributed by atoms with Gasteiger partial charge in [-0.2, -0.15) is 0 Å². The van der Waals surface area contributed by atoms with E-state index in [0.717, 1.165) is 5.56 Å². The summed E-state index contributed by atoms with van der Waals surface area (Å²) in [5.41, 5.74) is 0.768. The average molecular weight is 334 g/mol. The largest absolute Gasteiger partial charge is 0.522 e. The van der Waals surface area contributed by atoms with Gasteiger partial charge in [0.25, 0.3) is 0 Å². The fraction of sp³-hybridized carbons (Fsp3) is 0.400. The quantitative estimate of drug-likeness (QED) is 0.595. The molecule has 0 bridgehead atoms. The Balaban J connectivity index is 2.52. The van der Waals surface area contributed by atoms with Crippen LogP contribution < -0.4 is 4.74 Å². The lowest BCUT2D eigenvalue weighted by Crippen LogP contribution is -2.18. The molecule has 96 valence electrons. The van der Waals surface area contributed by atoms with Crippen molar-refractivity contribution in [3.63, 3.8) is 0 Å². The number of hydrogen-bond donors (Lipinski definition) is 0. The van der Waals surface area contributed by atoms with Gasteiger partial charge in [0.1, 0.15) is 12.4 Å². The lowest BCUT2D eigenvalue weighted by Gasteiger charge is -2.12. The lowest BCUT2D eigenvalue weighted by atomic mass is 10.2. The molecule has 0 aromatic heterocycles. The van der Waals surface area contributed by atoms with Crippen LogP contribution in [-0.4, -0.2) is 19.6 Å². The van der Waals surface area contributed by atoms with Crippen LogP contribution in [0.3, 0.4) is 0 Å². The standard InChI is InChI=1S/C10H9BrClF3O2/c11-6-7-2-1-3-8(12)9(7)16-4-5-17-10(13,14)15/h1-3H,4-6H2. The maximum Gasteiger partial charge on any atom is 0.522 e. The maximum absolute atomic E-state index is 11.7.